The summed E-state index contributed by atoms with van der Waals surface area (Å²) in [5.74, 6) is 1.44. The Hall–Kier alpha value is -1.16. The summed E-state index contributed by atoms with van der Waals surface area (Å²) in [4.78, 5) is 8.77. The highest BCUT2D eigenvalue weighted by molar-refractivity contribution is 5.27. The van der Waals surface area contributed by atoms with Crippen LogP contribution in [-0.4, -0.2) is 29.6 Å². The first-order valence-electron chi connectivity index (χ1n) is 6.83. The highest BCUT2D eigenvalue weighted by atomic mass is 15.1. The molecule has 0 bridgehead atoms. The summed E-state index contributed by atoms with van der Waals surface area (Å²) in [5.41, 5.74) is 1.29. The molecule has 2 heterocycles. The van der Waals surface area contributed by atoms with E-state index in [1.54, 1.807) is 0 Å². The first kappa shape index (κ1) is 13.3. The summed E-state index contributed by atoms with van der Waals surface area (Å²) in [5, 5.41) is 6.75. The fraction of sp³-hybridized carbons (Fsp3) is 0.714. The van der Waals surface area contributed by atoms with Gasteiger partial charge < -0.3 is 10.6 Å². The molecule has 0 radical (unpaired) electrons. The molecule has 18 heavy (non-hydrogen) atoms. The fourth-order valence-electron chi connectivity index (χ4n) is 2.14. The first-order chi connectivity index (χ1) is 8.55. The third-order valence-electron chi connectivity index (χ3n) is 3.47. The van der Waals surface area contributed by atoms with Crippen molar-refractivity contribution in [2.45, 2.75) is 39.0 Å². The van der Waals surface area contributed by atoms with Crippen LogP contribution in [0.2, 0.25) is 0 Å². The molecular formula is C14H24N4. The zero-order chi connectivity index (χ0) is 13.0. The molecule has 100 valence electrons. The number of aromatic nitrogens is 2. The van der Waals surface area contributed by atoms with Crippen LogP contribution in [0.1, 0.15) is 39.2 Å². The van der Waals surface area contributed by atoms with Crippen LogP contribution in [0.15, 0.2) is 12.4 Å². The van der Waals surface area contributed by atoms with Gasteiger partial charge in [-0.25, -0.2) is 9.97 Å². The highest BCUT2D eigenvalue weighted by Gasteiger charge is 2.15. The van der Waals surface area contributed by atoms with E-state index >= 15 is 0 Å². The second kappa shape index (κ2) is 5.65. The molecular weight excluding hydrogens is 224 g/mol. The van der Waals surface area contributed by atoms with Crippen molar-refractivity contribution < 1.29 is 0 Å². The molecule has 0 aromatic carbocycles. The minimum absolute atomic E-state index is 0.117. The van der Waals surface area contributed by atoms with Crippen LogP contribution in [0.5, 0.6) is 0 Å². The molecule has 4 heteroatoms. The van der Waals surface area contributed by atoms with Crippen molar-refractivity contribution in [2.75, 3.05) is 25.0 Å². The standard InChI is InChI=1S/C14H24N4/c1-14(2,3)12-9-17-13(18-10-12)16-8-11-5-4-6-15-7-11/h9-11,15H,4-8H2,1-3H3,(H,16,17,18). The van der Waals surface area contributed by atoms with E-state index in [2.05, 4.69) is 41.4 Å². The van der Waals surface area contributed by atoms with Crippen molar-refractivity contribution in [3.63, 3.8) is 0 Å². The van der Waals surface area contributed by atoms with Gasteiger partial charge in [0, 0.05) is 18.9 Å². The Labute approximate surface area is 110 Å². The zero-order valence-electron chi connectivity index (χ0n) is 11.7. The van der Waals surface area contributed by atoms with E-state index in [0.717, 1.165) is 25.6 Å². The summed E-state index contributed by atoms with van der Waals surface area (Å²) in [6, 6.07) is 0. The van der Waals surface area contributed by atoms with Gasteiger partial charge in [0.2, 0.25) is 5.95 Å². The number of hydrogen-bond acceptors (Lipinski definition) is 4. The largest absolute Gasteiger partial charge is 0.354 e. The number of anilines is 1. The van der Waals surface area contributed by atoms with Crippen molar-refractivity contribution in [1.29, 1.82) is 0 Å². The first-order valence-corrected chi connectivity index (χ1v) is 6.83. The van der Waals surface area contributed by atoms with Crippen molar-refractivity contribution in [3.8, 4) is 0 Å². The maximum Gasteiger partial charge on any atom is 0.222 e. The van der Waals surface area contributed by atoms with Gasteiger partial charge in [-0.05, 0) is 42.8 Å². The van der Waals surface area contributed by atoms with E-state index < -0.39 is 0 Å². The lowest BCUT2D eigenvalue weighted by molar-refractivity contribution is 0.392. The van der Waals surface area contributed by atoms with Gasteiger partial charge in [0.15, 0.2) is 0 Å². The van der Waals surface area contributed by atoms with Gasteiger partial charge in [0.25, 0.3) is 0 Å². The smallest absolute Gasteiger partial charge is 0.222 e. The van der Waals surface area contributed by atoms with Crippen LogP contribution >= 0.6 is 0 Å². The summed E-state index contributed by atoms with van der Waals surface area (Å²) >= 11 is 0. The fourth-order valence-corrected chi connectivity index (χ4v) is 2.14. The SMILES string of the molecule is CC(C)(C)c1cnc(NCC2CCCNC2)nc1. The number of piperidine rings is 1. The number of nitrogens with zero attached hydrogens (tertiary/aromatic N) is 2. The van der Waals surface area contributed by atoms with Gasteiger partial charge in [-0.15, -0.1) is 0 Å². The Kier molecular flexibility index (Phi) is 4.17. The number of nitrogens with one attached hydrogen (secondary N) is 2. The molecule has 1 aliphatic heterocycles. The molecule has 2 N–H and O–H groups in total. The van der Waals surface area contributed by atoms with Gasteiger partial charge >= 0.3 is 0 Å². The molecule has 4 nitrogen and oxygen atoms in total. The van der Waals surface area contributed by atoms with E-state index in [1.165, 1.54) is 18.4 Å². The quantitative estimate of drug-likeness (QED) is 0.861. The lowest BCUT2D eigenvalue weighted by Gasteiger charge is -2.23. The second-order valence-electron chi connectivity index (χ2n) is 6.14. The van der Waals surface area contributed by atoms with Crippen LogP contribution in [-0.2, 0) is 5.41 Å². The molecule has 0 spiro atoms. The average Bonchev–Trinajstić information content (AvgIpc) is 2.37. The summed E-state index contributed by atoms with van der Waals surface area (Å²) in [6.07, 6.45) is 6.42. The van der Waals surface area contributed by atoms with E-state index in [1.807, 2.05) is 12.4 Å². The molecule has 1 fully saturated rings. The van der Waals surface area contributed by atoms with Gasteiger partial charge in [-0.2, -0.15) is 0 Å². The zero-order valence-corrected chi connectivity index (χ0v) is 11.7. The van der Waals surface area contributed by atoms with E-state index in [4.69, 9.17) is 0 Å². The van der Waals surface area contributed by atoms with Crippen LogP contribution in [0.3, 0.4) is 0 Å². The molecule has 1 atom stereocenters. The number of rotatable bonds is 3. The lowest BCUT2D eigenvalue weighted by atomic mass is 9.89. The van der Waals surface area contributed by atoms with Crippen molar-refractivity contribution in [1.82, 2.24) is 15.3 Å². The predicted octanol–water partition coefficient (Wildman–Crippen LogP) is 2.19. The normalized spacial score (nSPS) is 20.7. The third-order valence-corrected chi connectivity index (χ3v) is 3.47. The van der Waals surface area contributed by atoms with Gasteiger partial charge in [0.05, 0.1) is 0 Å². The van der Waals surface area contributed by atoms with Crippen molar-refractivity contribution >= 4 is 5.95 Å². The predicted molar refractivity (Wildman–Crippen MR) is 74.8 cm³/mol. The van der Waals surface area contributed by atoms with Gasteiger partial charge in [0.1, 0.15) is 0 Å². The molecule has 0 amide bonds. The maximum atomic E-state index is 4.39. The molecule has 1 aromatic rings. The molecule has 2 rings (SSSR count). The Balaban J connectivity index is 1.86. The lowest BCUT2D eigenvalue weighted by Crippen LogP contribution is -2.33. The number of hydrogen-bond donors (Lipinski definition) is 2. The van der Waals surface area contributed by atoms with E-state index in [9.17, 15) is 0 Å². The molecule has 1 aliphatic rings. The Bertz CT molecular complexity index is 360. The minimum Gasteiger partial charge on any atom is -0.354 e. The van der Waals surface area contributed by atoms with E-state index in [-0.39, 0.29) is 5.41 Å². The van der Waals surface area contributed by atoms with Crippen LogP contribution < -0.4 is 10.6 Å². The molecule has 1 saturated heterocycles. The maximum absolute atomic E-state index is 4.39. The average molecular weight is 248 g/mol. The second-order valence-corrected chi connectivity index (χ2v) is 6.14. The van der Waals surface area contributed by atoms with Crippen LogP contribution in [0, 0.1) is 5.92 Å². The molecule has 0 aliphatic carbocycles. The van der Waals surface area contributed by atoms with Gasteiger partial charge in [-0.1, -0.05) is 20.8 Å². The Morgan fingerprint density at radius 1 is 1.33 bits per heavy atom. The summed E-state index contributed by atoms with van der Waals surface area (Å²) < 4.78 is 0. The summed E-state index contributed by atoms with van der Waals surface area (Å²) in [6.45, 7) is 9.74. The van der Waals surface area contributed by atoms with Crippen LogP contribution in [0.4, 0.5) is 5.95 Å². The van der Waals surface area contributed by atoms with Crippen molar-refractivity contribution in [3.05, 3.63) is 18.0 Å². The van der Waals surface area contributed by atoms with Gasteiger partial charge in [-0.3, -0.25) is 0 Å². The molecule has 1 aromatic heterocycles. The minimum atomic E-state index is 0.117. The third kappa shape index (κ3) is 3.67. The Morgan fingerprint density at radius 3 is 2.61 bits per heavy atom. The summed E-state index contributed by atoms with van der Waals surface area (Å²) in [7, 11) is 0. The Morgan fingerprint density at radius 2 is 2.06 bits per heavy atom. The van der Waals surface area contributed by atoms with E-state index in [0.29, 0.717) is 5.92 Å². The molecule has 1 unspecified atom stereocenters. The topological polar surface area (TPSA) is 49.8 Å². The highest BCUT2D eigenvalue weighted by Crippen LogP contribution is 2.20. The van der Waals surface area contributed by atoms with Crippen molar-refractivity contribution in [2.24, 2.45) is 5.92 Å². The van der Waals surface area contributed by atoms with Crippen LogP contribution in [0.25, 0.3) is 0 Å². The molecule has 0 saturated carbocycles. The monoisotopic (exact) mass is 248 g/mol.